The number of hydrogen-bond acceptors (Lipinski definition) is 1. The van der Waals surface area contributed by atoms with Crippen molar-refractivity contribution in [2.24, 2.45) is 5.73 Å². The van der Waals surface area contributed by atoms with E-state index in [-0.39, 0.29) is 0 Å². The number of nitrogens with two attached hydrogens (primary N) is 1. The molecule has 0 bridgehead atoms. The maximum atomic E-state index is 6.03. The summed E-state index contributed by atoms with van der Waals surface area (Å²) in [7, 11) is 0. The van der Waals surface area contributed by atoms with Crippen LogP contribution in [0.25, 0.3) is 10.9 Å². The van der Waals surface area contributed by atoms with Gasteiger partial charge in [-0.25, -0.2) is 0 Å². The molecule has 0 spiro atoms. The largest absolute Gasteiger partial charge is 0.347 e. The maximum absolute atomic E-state index is 6.03. The normalized spacial score (nSPS) is 26.8. The van der Waals surface area contributed by atoms with E-state index in [1.54, 1.807) is 11.1 Å². The Morgan fingerprint density at radius 3 is 2.79 bits per heavy atom. The monoisotopic (exact) mass is 254 g/mol. The fourth-order valence-electron chi connectivity index (χ4n) is 3.97. The van der Waals surface area contributed by atoms with Crippen molar-refractivity contribution < 1.29 is 0 Å². The minimum atomic E-state index is 0.444. The van der Waals surface area contributed by atoms with Crippen LogP contribution >= 0.6 is 0 Å². The first kappa shape index (κ1) is 11.5. The van der Waals surface area contributed by atoms with Crippen LogP contribution in [0.1, 0.15) is 49.1 Å². The molecule has 0 saturated heterocycles. The van der Waals surface area contributed by atoms with Crippen LogP contribution in [0.2, 0.25) is 0 Å². The standard InChI is InChI=1S/C17H22N2/c18-16-5-3-12(4-6-16)15-10-13-2-1-8-19-9-7-14(11-15)17(13)19/h7,9-12,16H,1-6,8,18H2. The van der Waals surface area contributed by atoms with Gasteiger partial charge in [0.25, 0.3) is 0 Å². The Morgan fingerprint density at radius 2 is 1.95 bits per heavy atom. The van der Waals surface area contributed by atoms with Crippen molar-refractivity contribution in [2.45, 2.75) is 57.0 Å². The van der Waals surface area contributed by atoms with Crippen molar-refractivity contribution in [3.05, 3.63) is 35.5 Å². The van der Waals surface area contributed by atoms with E-state index in [0.717, 1.165) is 5.92 Å². The van der Waals surface area contributed by atoms with Crippen molar-refractivity contribution >= 4 is 10.9 Å². The Morgan fingerprint density at radius 1 is 1.11 bits per heavy atom. The van der Waals surface area contributed by atoms with Gasteiger partial charge >= 0.3 is 0 Å². The van der Waals surface area contributed by atoms with Gasteiger partial charge in [-0.3, -0.25) is 0 Å². The zero-order valence-corrected chi connectivity index (χ0v) is 11.4. The fraction of sp³-hybridized carbons (Fsp3) is 0.529. The zero-order valence-electron chi connectivity index (χ0n) is 11.4. The van der Waals surface area contributed by atoms with Gasteiger partial charge in [-0.2, -0.15) is 0 Å². The highest BCUT2D eigenvalue weighted by Crippen LogP contribution is 2.36. The molecule has 0 radical (unpaired) electrons. The minimum absolute atomic E-state index is 0.444. The smallest absolute Gasteiger partial charge is 0.0513 e. The number of aromatic nitrogens is 1. The molecule has 1 aromatic heterocycles. The maximum Gasteiger partial charge on any atom is 0.0513 e. The topological polar surface area (TPSA) is 30.9 Å². The Labute approximate surface area is 114 Å². The predicted octanol–water partition coefficient (Wildman–Crippen LogP) is 3.57. The second-order valence-electron chi connectivity index (χ2n) is 6.34. The van der Waals surface area contributed by atoms with E-state index < -0.39 is 0 Å². The van der Waals surface area contributed by atoms with E-state index in [1.165, 1.54) is 56.0 Å². The van der Waals surface area contributed by atoms with Gasteiger partial charge in [-0.05, 0) is 67.7 Å². The van der Waals surface area contributed by atoms with Gasteiger partial charge in [-0.1, -0.05) is 6.07 Å². The number of rotatable bonds is 1. The lowest BCUT2D eigenvalue weighted by atomic mass is 9.81. The van der Waals surface area contributed by atoms with Crippen LogP contribution in [-0.2, 0) is 13.0 Å². The second-order valence-corrected chi connectivity index (χ2v) is 6.34. The Bertz CT molecular complexity index is 603. The molecule has 4 rings (SSSR count). The highest BCUT2D eigenvalue weighted by Gasteiger charge is 2.22. The van der Waals surface area contributed by atoms with E-state index in [4.69, 9.17) is 5.73 Å². The number of nitrogens with zero attached hydrogens (tertiary/aromatic N) is 1. The quantitative estimate of drug-likeness (QED) is 0.828. The average molecular weight is 254 g/mol. The molecule has 2 aromatic rings. The highest BCUT2D eigenvalue weighted by molar-refractivity contribution is 5.85. The molecule has 0 unspecified atom stereocenters. The number of benzene rings is 1. The van der Waals surface area contributed by atoms with E-state index >= 15 is 0 Å². The first-order chi connectivity index (χ1) is 9.31. The summed E-state index contributed by atoms with van der Waals surface area (Å²) in [6.07, 6.45) is 9.72. The van der Waals surface area contributed by atoms with Gasteiger partial charge in [0, 0.05) is 24.2 Å². The molecule has 100 valence electrons. The summed E-state index contributed by atoms with van der Waals surface area (Å²) in [5, 5.41) is 1.45. The van der Waals surface area contributed by atoms with Crippen LogP contribution in [0.4, 0.5) is 0 Å². The Kier molecular flexibility index (Phi) is 2.66. The average Bonchev–Trinajstić information content (AvgIpc) is 2.85. The van der Waals surface area contributed by atoms with Gasteiger partial charge in [0.15, 0.2) is 0 Å². The van der Waals surface area contributed by atoms with Gasteiger partial charge in [0.05, 0.1) is 5.52 Å². The molecule has 0 amide bonds. The summed E-state index contributed by atoms with van der Waals surface area (Å²) in [4.78, 5) is 0. The van der Waals surface area contributed by atoms with Gasteiger partial charge in [-0.15, -0.1) is 0 Å². The molecule has 1 aliphatic heterocycles. The van der Waals surface area contributed by atoms with E-state index in [9.17, 15) is 0 Å². The molecule has 1 aliphatic carbocycles. The van der Waals surface area contributed by atoms with E-state index in [1.807, 2.05) is 0 Å². The summed E-state index contributed by atoms with van der Waals surface area (Å²) in [6, 6.07) is 7.66. The molecule has 2 heteroatoms. The molecular formula is C17H22N2. The van der Waals surface area contributed by atoms with Crippen molar-refractivity contribution in [1.29, 1.82) is 0 Å². The molecule has 19 heavy (non-hydrogen) atoms. The van der Waals surface area contributed by atoms with Crippen LogP contribution in [0.15, 0.2) is 24.4 Å². The Hall–Kier alpha value is -1.28. The summed E-state index contributed by atoms with van der Waals surface area (Å²) < 4.78 is 2.43. The van der Waals surface area contributed by atoms with E-state index in [2.05, 4.69) is 29.0 Å². The van der Waals surface area contributed by atoms with Crippen molar-refractivity contribution in [2.75, 3.05) is 0 Å². The molecule has 0 atom stereocenters. The summed E-state index contributed by atoms with van der Waals surface area (Å²) in [5.41, 5.74) is 10.7. The van der Waals surface area contributed by atoms with E-state index in [0.29, 0.717) is 6.04 Å². The van der Waals surface area contributed by atoms with Crippen molar-refractivity contribution in [3.8, 4) is 0 Å². The molecule has 2 heterocycles. The third-order valence-electron chi connectivity index (χ3n) is 5.05. The van der Waals surface area contributed by atoms with Gasteiger partial charge in [0.2, 0.25) is 0 Å². The molecular weight excluding hydrogens is 232 g/mol. The molecule has 1 aromatic carbocycles. The lowest BCUT2D eigenvalue weighted by Crippen LogP contribution is -2.25. The van der Waals surface area contributed by atoms with Gasteiger partial charge in [0.1, 0.15) is 0 Å². The van der Waals surface area contributed by atoms with Crippen molar-refractivity contribution in [1.82, 2.24) is 4.57 Å². The molecule has 2 aliphatic rings. The van der Waals surface area contributed by atoms with Gasteiger partial charge < -0.3 is 10.3 Å². The highest BCUT2D eigenvalue weighted by atomic mass is 15.0. The lowest BCUT2D eigenvalue weighted by molar-refractivity contribution is 0.395. The van der Waals surface area contributed by atoms with Crippen molar-refractivity contribution in [3.63, 3.8) is 0 Å². The third kappa shape index (κ3) is 1.90. The Balaban J connectivity index is 1.75. The predicted molar refractivity (Wildman–Crippen MR) is 79.4 cm³/mol. The summed E-state index contributed by atoms with van der Waals surface area (Å²) in [5.74, 6) is 0.741. The number of hydrogen-bond donors (Lipinski definition) is 1. The van der Waals surface area contributed by atoms with Crippen LogP contribution in [-0.4, -0.2) is 10.6 Å². The molecule has 1 fully saturated rings. The zero-order chi connectivity index (χ0) is 12.8. The van der Waals surface area contributed by atoms with Crippen LogP contribution in [0.5, 0.6) is 0 Å². The first-order valence-corrected chi connectivity index (χ1v) is 7.68. The number of aryl methyl sites for hydroxylation is 2. The molecule has 1 saturated carbocycles. The summed E-state index contributed by atoms with van der Waals surface area (Å²) >= 11 is 0. The van der Waals surface area contributed by atoms with Crippen LogP contribution in [0.3, 0.4) is 0 Å². The fourth-order valence-corrected chi connectivity index (χ4v) is 3.97. The molecule has 2 N–H and O–H groups in total. The lowest BCUT2D eigenvalue weighted by Gasteiger charge is -2.27. The minimum Gasteiger partial charge on any atom is -0.347 e. The van der Waals surface area contributed by atoms with Crippen LogP contribution < -0.4 is 5.73 Å². The third-order valence-corrected chi connectivity index (χ3v) is 5.05. The summed E-state index contributed by atoms with van der Waals surface area (Å²) in [6.45, 7) is 1.19. The molecule has 2 nitrogen and oxygen atoms in total. The first-order valence-electron chi connectivity index (χ1n) is 7.68. The second kappa shape index (κ2) is 4.38. The SMILES string of the molecule is NC1CCC(c2cc3c4c(ccn4CCC3)c2)CC1. The van der Waals surface area contributed by atoms with Crippen LogP contribution in [0, 0.1) is 0 Å².